The molecule has 1 aromatic heterocycles. The first-order valence-corrected chi connectivity index (χ1v) is 7.76. The van der Waals surface area contributed by atoms with Crippen molar-refractivity contribution in [1.82, 2.24) is 14.6 Å². The SMILES string of the molecule is CC1CN(C)CCC1NS(=O)(=O)c1c[nH]ccc1=O. The topological polar surface area (TPSA) is 82.3 Å². The Morgan fingerprint density at radius 1 is 1.47 bits per heavy atom. The van der Waals surface area contributed by atoms with Gasteiger partial charge in [0.15, 0.2) is 0 Å². The monoisotopic (exact) mass is 285 g/mol. The van der Waals surface area contributed by atoms with E-state index in [-0.39, 0.29) is 16.9 Å². The molecule has 2 unspecified atom stereocenters. The minimum absolute atomic E-state index is 0.124. The molecule has 2 rings (SSSR count). The van der Waals surface area contributed by atoms with E-state index in [0.717, 1.165) is 19.5 Å². The van der Waals surface area contributed by atoms with Gasteiger partial charge in [-0.15, -0.1) is 0 Å². The van der Waals surface area contributed by atoms with Crippen LogP contribution in [0, 0.1) is 5.92 Å². The zero-order chi connectivity index (χ0) is 14.0. The number of rotatable bonds is 3. The number of likely N-dealkylation sites (tertiary alicyclic amines) is 1. The van der Waals surface area contributed by atoms with Gasteiger partial charge in [0, 0.05) is 31.0 Å². The number of hydrogen-bond acceptors (Lipinski definition) is 4. The van der Waals surface area contributed by atoms with Crippen LogP contribution in [-0.4, -0.2) is 44.5 Å². The minimum Gasteiger partial charge on any atom is -0.366 e. The third-order valence-corrected chi connectivity index (χ3v) is 5.00. The molecule has 0 aliphatic carbocycles. The maximum Gasteiger partial charge on any atom is 0.246 e. The van der Waals surface area contributed by atoms with E-state index in [1.54, 1.807) is 0 Å². The molecule has 0 aromatic carbocycles. The quantitative estimate of drug-likeness (QED) is 0.818. The molecular weight excluding hydrogens is 266 g/mol. The second-order valence-electron chi connectivity index (χ2n) is 5.13. The number of H-pyrrole nitrogens is 1. The van der Waals surface area contributed by atoms with Crippen LogP contribution in [0.3, 0.4) is 0 Å². The molecule has 1 aromatic rings. The summed E-state index contributed by atoms with van der Waals surface area (Å²) in [6, 6.07) is 1.09. The van der Waals surface area contributed by atoms with Gasteiger partial charge in [-0.05, 0) is 25.9 Å². The zero-order valence-corrected chi connectivity index (χ0v) is 11.9. The third kappa shape index (κ3) is 3.23. The lowest BCUT2D eigenvalue weighted by Crippen LogP contribution is -2.49. The van der Waals surface area contributed by atoms with Gasteiger partial charge < -0.3 is 9.88 Å². The largest absolute Gasteiger partial charge is 0.366 e. The normalized spacial score (nSPS) is 25.4. The molecule has 0 radical (unpaired) electrons. The van der Waals surface area contributed by atoms with Gasteiger partial charge in [-0.25, -0.2) is 13.1 Å². The Balaban J connectivity index is 2.19. The fourth-order valence-electron chi connectivity index (χ4n) is 2.40. The fourth-order valence-corrected chi connectivity index (χ4v) is 3.83. The number of aromatic nitrogens is 1. The van der Waals surface area contributed by atoms with Gasteiger partial charge in [-0.3, -0.25) is 4.79 Å². The van der Waals surface area contributed by atoms with Crippen LogP contribution >= 0.6 is 0 Å². The predicted octanol–water partition coefficient (Wildman–Crippen LogP) is -0.00660. The predicted molar refractivity (Wildman–Crippen MR) is 72.5 cm³/mol. The van der Waals surface area contributed by atoms with Crippen molar-refractivity contribution in [1.29, 1.82) is 0 Å². The summed E-state index contributed by atoms with van der Waals surface area (Å²) in [5.41, 5.74) is -0.494. The number of aromatic amines is 1. The molecule has 7 heteroatoms. The summed E-state index contributed by atoms with van der Waals surface area (Å²) in [6.07, 6.45) is 3.39. The summed E-state index contributed by atoms with van der Waals surface area (Å²) in [4.78, 5) is 16.2. The zero-order valence-electron chi connectivity index (χ0n) is 11.1. The van der Waals surface area contributed by atoms with Crippen LogP contribution in [0.5, 0.6) is 0 Å². The van der Waals surface area contributed by atoms with Crippen molar-refractivity contribution in [2.24, 2.45) is 5.92 Å². The lowest BCUT2D eigenvalue weighted by molar-refractivity contribution is 0.188. The molecule has 1 fully saturated rings. The number of piperidine rings is 1. The van der Waals surface area contributed by atoms with Gasteiger partial charge in [-0.2, -0.15) is 0 Å². The maximum atomic E-state index is 12.2. The van der Waals surface area contributed by atoms with Gasteiger partial charge in [0.05, 0.1) is 0 Å². The van der Waals surface area contributed by atoms with Crippen LogP contribution in [-0.2, 0) is 10.0 Å². The van der Waals surface area contributed by atoms with E-state index < -0.39 is 15.5 Å². The minimum atomic E-state index is -3.75. The molecule has 106 valence electrons. The molecule has 1 aliphatic rings. The van der Waals surface area contributed by atoms with E-state index in [0.29, 0.717) is 0 Å². The first kappa shape index (κ1) is 14.2. The first-order valence-electron chi connectivity index (χ1n) is 6.28. The van der Waals surface area contributed by atoms with Crippen molar-refractivity contribution in [3.8, 4) is 0 Å². The van der Waals surface area contributed by atoms with Crippen molar-refractivity contribution in [3.05, 3.63) is 28.7 Å². The molecule has 0 amide bonds. The highest BCUT2D eigenvalue weighted by molar-refractivity contribution is 7.89. The molecule has 0 spiro atoms. The van der Waals surface area contributed by atoms with E-state index in [1.807, 2.05) is 14.0 Å². The van der Waals surface area contributed by atoms with Gasteiger partial charge in [0.1, 0.15) is 4.90 Å². The van der Waals surface area contributed by atoms with Crippen molar-refractivity contribution < 1.29 is 8.42 Å². The van der Waals surface area contributed by atoms with E-state index >= 15 is 0 Å². The van der Waals surface area contributed by atoms with Crippen LogP contribution < -0.4 is 10.2 Å². The van der Waals surface area contributed by atoms with Crippen LogP contribution in [0.15, 0.2) is 28.2 Å². The summed E-state index contributed by atoms with van der Waals surface area (Å²) in [7, 11) is -1.74. The van der Waals surface area contributed by atoms with Crippen molar-refractivity contribution in [3.63, 3.8) is 0 Å². The van der Waals surface area contributed by atoms with Gasteiger partial charge in [0.2, 0.25) is 15.5 Å². The smallest absolute Gasteiger partial charge is 0.246 e. The molecule has 2 N–H and O–H groups in total. The summed E-state index contributed by atoms with van der Waals surface area (Å²) in [5, 5.41) is 0. The molecule has 0 saturated carbocycles. The van der Waals surface area contributed by atoms with Crippen LogP contribution in [0.2, 0.25) is 0 Å². The van der Waals surface area contributed by atoms with Crippen LogP contribution in [0.4, 0.5) is 0 Å². The van der Waals surface area contributed by atoms with Gasteiger partial charge in [-0.1, -0.05) is 6.92 Å². The van der Waals surface area contributed by atoms with E-state index in [1.165, 1.54) is 18.5 Å². The van der Waals surface area contributed by atoms with Crippen molar-refractivity contribution in [2.75, 3.05) is 20.1 Å². The van der Waals surface area contributed by atoms with E-state index in [9.17, 15) is 13.2 Å². The molecule has 0 bridgehead atoms. The fraction of sp³-hybridized carbons (Fsp3) is 0.583. The first-order chi connectivity index (χ1) is 8.90. The Hall–Kier alpha value is -1.18. The highest BCUT2D eigenvalue weighted by atomic mass is 32.2. The number of hydrogen-bond donors (Lipinski definition) is 2. The molecule has 19 heavy (non-hydrogen) atoms. The second-order valence-corrected chi connectivity index (χ2v) is 6.81. The Kier molecular flexibility index (Phi) is 4.07. The molecule has 1 aliphatic heterocycles. The Bertz CT molecular complexity index is 596. The van der Waals surface area contributed by atoms with Crippen molar-refractivity contribution >= 4 is 10.0 Å². The summed E-state index contributed by atoms with van der Waals surface area (Å²) in [6.45, 7) is 3.71. The second kappa shape index (κ2) is 5.44. The number of pyridine rings is 1. The summed E-state index contributed by atoms with van der Waals surface area (Å²) < 4.78 is 27.1. The Labute approximate surface area is 112 Å². The van der Waals surface area contributed by atoms with E-state index in [4.69, 9.17) is 0 Å². The summed E-state index contributed by atoms with van der Waals surface area (Å²) >= 11 is 0. The van der Waals surface area contributed by atoms with Crippen molar-refractivity contribution in [2.45, 2.75) is 24.3 Å². The third-order valence-electron chi connectivity index (χ3n) is 3.49. The number of sulfonamides is 1. The lowest BCUT2D eigenvalue weighted by atomic mass is 9.95. The molecule has 2 atom stereocenters. The van der Waals surface area contributed by atoms with Crippen LogP contribution in [0.1, 0.15) is 13.3 Å². The van der Waals surface area contributed by atoms with E-state index in [2.05, 4.69) is 14.6 Å². The number of nitrogens with one attached hydrogen (secondary N) is 2. The average Bonchev–Trinajstić information content (AvgIpc) is 2.33. The molecule has 6 nitrogen and oxygen atoms in total. The molecule has 2 heterocycles. The Morgan fingerprint density at radius 2 is 2.21 bits per heavy atom. The Morgan fingerprint density at radius 3 is 2.84 bits per heavy atom. The maximum absolute atomic E-state index is 12.2. The molecular formula is C12H19N3O3S. The van der Waals surface area contributed by atoms with Crippen LogP contribution in [0.25, 0.3) is 0 Å². The molecule has 1 saturated heterocycles. The standard InChI is InChI=1S/C12H19N3O3S/c1-9-8-15(2)6-4-10(9)14-19(17,18)12-7-13-5-3-11(12)16/h3,5,7,9-10,14H,4,6,8H2,1-2H3,(H,13,16). The number of nitrogens with zero attached hydrogens (tertiary/aromatic N) is 1. The van der Waals surface area contributed by atoms with Gasteiger partial charge >= 0.3 is 0 Å². The highest BCUT2D eigenvalue weighted by Gasteiger charge is 2.29. The highest BCUT2D eigenvalue weighted by Crippen LogP contribution is 2.17. The van der Waals surface area contributed by atoms with Gasteiger partial charge in [0.25, 0.3) is 0 Å². The average molecular weight is 285 g/mol. The summed E-state index contributed by atoms with van der Waals surface area (Å²) in [5.74, 6) is 0.219. The lowest BCUT2D eigenvalue weighted by Gasteiger charge is -2.34.